The number of aryl methyl sites for hydroxylation is 1. The molecule has 0 bridgehead atoms. The average molecular weight is 440 g/mol. The summed E-state index contributed by atoms with van der Waals surface area (Å²) in [4.78, 5) is 19.2. The van der Waals surface area contributed by atoms with Crippen molar-refractivity contribution in [2.75, 3.05) is 0 Å². The molecular formula is C29H21N5. The van der Waals surface area contributed by atoms with Crippen molar-refractivity contribution in [3.8, 4) is 45.4 Å². The van der Waals surface area contributed by atoms with E-state index in [2.05, 4.69) is 35.6 Å². The summed E-state index contributed by atoms with van der Waals surface area (Å²) in [6, 6.07) is 34.3. The number of pyridine rings is 1. The summed E-state index contributed by atoms with van der Waals surface area (Å²) in [7, 11) is 0. The molecule has 0 aliphatic carbocycles. The van der Waals surface area contributed by atoms with E-state index in [4.69, 9.17) is 19.9 Å². The molecule has 5 heteroatoms. The molecule has 3 aromatic heterocycles. The Balaban J connectivity index is 1.44. The Morgan fingerprint density at radius 1 is 0.471 bits per heavy atom. The number of fused-ring (bicyclic) bond motifs is 1. The van der Waals surface area contributed by atoms with Crippen LogP contribution in [0, 0.1) is 6.92 Å². The Labute approximate surface area is 197 Å². The van der Waals surface area contributed by atoms with E-state index in [0.29, 0.717) is 17.5 Å². The van der Waals surface area contributed by atoms with Gasteiger partial charge in [-0.15, -0.1) is 0 Å². The van der Waals surface area contributed by atoms with Gasteiger partial charge in [0.05, 0.1) is 5.69 Å². The van der Waals surface area contributed by atoms with Crippen LogP contribution in [0.3, 0.4) is 0 Å². The molecule has 0 N–H and O–H groups in total. The van der Waals surface area contributed by atoms with Crippen molar-refractivity contribution in [3.05, 3.63) is 115 Å². The monoisotopic (exact) mass is 439 g/mol. The van der Waals surface area contributed by atoms with Crippen LogP contribution >= 0.6 is 0 Å². The third kappa shape index (κ3) is 3.63. The van der Waals surface area contributed by atoms with Crippen LogP contribution in [0.1, 0.15) is 5.69 Å². The molecule has 0 saturated carbocycles. The van der Waals surface area contributed by atoms with E-state index in [-0.39, 0.29) is 0 Å². The molecule has 162 valence electrons. The molecule has 0 radical (unpaired) electrons. The highest BCUT2D eigenvalue weighted by Crippen LogP contribution is 2.28. The van der Waals surface area contributed by atoms with Gasteiger partial charge in [-0.25, -0.2) is 19.9 Å². The standard InChI is InChI=1S/C29H21N5/c1-20-26(30-25-14-8-9-19-34(20)25)21-15-17-24(18-16-21)29-32-27(22-10-4-2-5-11-22)31-28(33-29)23-12-6-3-7-13-23/h2-19H,1H3. The van der Waals surface area contributed by atoms with Gasteiger partial charge < -0.3 is 4.40 Å². The molecule has 0 aliphatic rings. The lowest BCUT2D eigenvalue weighted by atomic mass is 10.1. The highest BCUT2D eigenvalue weighted by atomic mass is 15.0. The predicted octanol–water partition coefficient (Wildman–Crippen LogP) is 6.50. The molecule has 3 heterocycles. The molecule has 0 saturated heterocycles. The third-order valence-electron chi connectivity index (χ3n) is 5.88. The van der Waals surface area contributed by atoms with E-state index in [1.165, 1.54) is 0 Å². The fourth-order valence-corrected chi connectivity index (χ4v) is 4.11. The number of nitrogens with zero attached hydrogens (tertiary/aromatic N) is 5. The smallest absolute Gasteiger partial charge is 0.164 e. The van der Waals surface area contributed by atoms with Crippen LogP contribution in [-0.4, -0.2) is 24.3 Å². The van der Waals surface area contributed by atoms with Gasteiger partial charge >= 0.3 is 0 Å². The SMILES string of the molecule is Cc1c(-c2ccc(-c3nc(-c4ccccc4)nc(-c4ccccc4)n3)cc2)nc2ccccn12. The second-order valence-corrected chi connectivity index (χ2v) is 8.09. The lowest BCUT2D eigenvalue weighted by molar-refractivity contribution is 1.07. The number of imidazole rings is 1. The minimum atomic E-state index is 0.644. The summed E-state index contributed by atoms with van der Waals surface area (Å²) in [6.45, 7) is 2.09. The summed E-state index contributed by atoms with van der Waals surface area (Å²) >= 11 is 0. The number of hydrogen-bond donors (Lipinski definition) is 0. The Bertz CT molecular complexity index is 1530. The second kappa shape index (κ2) is 8.37. The van der Waals surface area contributed by atoms with Gasteiger partial charge in [-0.2, -0.15) is 0 Å². The molecule has 0 aliphatic heterocycles. The minimum Gasteiger partial charge on any atom is -0.304 e. The van der Waals surface area contributed by atoms with E-state index in [1.807, 2.05) is 85.1 Å². The fourth-order valence-electron chi connectivity index (χ4n) is 4.11. The molecule has 6 rings (SSSR count). The molecule has 3 aromatic carbocycles. The molecule has 0 fully saturated rings. The van der Waals surface area contributed by atoms with Gasteiger partial charge in [0, 0.05) is 34.1 Å². The average Bonchev–Trinajstić information content (AvgIpc) is 3.26. The van der Waals surface area contributed by atoms with E-state index in [1.54, 1.807) is 0 Å². The zero-order chi connectivity index (χ0) is 22.9. The van der Waals surface area contributed by atoms with Crippen LogP contribution < -0.4 is 0 Å². The van der Waals surface area contributed by atoms with E-state index < -0.39 is 0 Å². The molecule has 34 heavy (non-hydrogen) atoms. The first kappa shape index (κ1) is 20.0. The lowest BCUT2D eigenvalue weighted by Crippen LogP contribution is -2.00. The van der Waals surface area contributed by atoms with Crippen molar-refractivity contribution in [1.29, 1.82) is 0 Å². The Morgan fingerprint density at radius 3 is 1.47 bits per heavy atom. The molecule has 0 unspecified atom stereocenters. The van der Waals surface area contributed by atoms with Crippen LogP contribution in [0.15, 0.2) is 109 Å². The number of hydrogen-bond acceptors (Lipinski definition) is 4. The van der Waals surface area contributed by atoms with Crippen LogP contribution in [0.25, 0.3) is 51.1 Å². The molecule has 6 aromatic rings. The highest BCUT2D eigenvalue weighted by molar-refractivity contribution is 5.71. The van der Waals surface area contributed by atoms with Crippen molar-refractivity contribution in [2.24, 2.45) is 0 Å². The van der Waals surface area contributed by atoms with Crippen molar-refractivity contribution >= 4 is 5.65 Å². The first-order chi connectivity index (χ1) is 16.8. The van der Waals surface area contributed by atoms with Crippen LogP contribution in [0.4, 0.5) is 0 Å². The summed E-state index contributed by atoms with van der Waals surface area (Å²) in [5, 5.41) is 0. The first-order valence-corrected chi connectivity index (χ1v) is 11.2. The summed E-state index contributed by atoms with van der Waals surface area (Å²) < 4.78 is 2.10. The zero-order valence-corrected chi connectivity index (χ0v) is 18.6. The van der Waals surface area contributed by atoms with Gasteiger partial charge in [-0.1, -0.05) is 91.0 Å². The van der Waals surface area contributed by atoms with E-state index in [0.717, 1.165) is 39.3 Å². The Hall–Kier alpha value is -4.64. The van der Waals surface area contributed by atoms with Crippen LogP contribution in [-0.2, 0) is 0 Å². The quantitative estimate of drug-likeness (QED) is 0.315. The van der Waals surface area contributed by atoms with E-state index >= 15 is 0 Å². The largest absolute Gasteiger partial charge is 0.304 e. The van der Waals surface area contributed by atoms with Crippen molar-refractivity contribution in [2.45, 2.75) is 6.92 Å². The molecule has 0 atom stereocenters. The van der Waals surface area contributed by atoms with E-state index in [9.17, 15) is 0 Å². The Morgan fingerprint density at radius 2 is 0.941 bits per heavy atom. The second-order valence-electron chi connectivity index (χ2n) is 8.09. The first-order valence-electron chi connectivity index (χ1n) is 11.2. The zero-order valence-electron chi connectivity index (χ0n) is 18.6. The van der Waals surface area contributed by atoms with Crippen LogP contribution in [0.5, 0.6) is 0 Å². The van der Waals surface area contributed by atoms with Crippen molar-refractivity contribution < 1.29 is 0 Å². The molecule has 0 spiro atoms. The van der Waals surface area contributed by atoms with Gasteiger partial charge in [-0.3, -0.25) is 0 Å². The lowest BCUT2D eigenvalue weighted by Gasteiger charge is -2.09. The topological polar surface area (TPSA) is 56.0 Å². The van der Waals surface area contributed by atoms with Gasteiger partial charge in [0.15, 0.2) is 17.5 Å². The normalized spacial score (nSPS) is 11.1. The minimum absolute atomic E-state index is 0.644. The van der Waals surface area contributed by atoms with Gasteiger partial charge in [0.25, 0.3) is 0 Å². The number of aromatic nitrogens is 5. The third-order valence-corrected chi connectivity index (χ3v) is 5.88. The number of rotatable bonds is 4. The maximum atomic E-state index is 4.81. The van der Waals surface area contributed by atoms with Gasteiger partial charge in [0.2, 0.25) is 0 Å². The Kier molecular flexibility index (Phi) is 4.92. The van der Waals surface area contributed by atoms with Crippen molar-refractivity contribution in [3.63, 3.8) is 0 Å². The number of benzene rings is 3. The molecule has 5 nitrogen and oxygen atoms in total. The summed E-state index contributed by atoms with van der Waals surface area (Å²) in [5.41, 5.74) is 6.94. The molecular weight excluding hydrogens is 418 g/mol. The maximum absolute atomic E-state index is 4.81. The highest BCUT2D eigenvalue weighted by Gasteiger charge is 2.14. The summed E-state index contributed by atoms with van der Waals surface area (Å²) in [5.74, 6) is 1.96. The van der Waals surface area contributed by atoms with Crippen molar-refractivity contribution in [1.82, 2.24) is 24.3 Å². The summed E-state index contributed by atoms with van der Waals surface area (Å²) in [6.07, 6.45) is 2.04. The maximum Gasteiger partial charge on any atom is 0.164 e. The fraction of sp³-hybridized carbons (Fsp3) is 0.0345. The van der Waals surface area contributed by atoms with Gasteiger partial charge in [-0.05, 0) is 19.1 Å². The van der Waals surface area contributed by atoms with Gasteiger partial charge in [0.1, 0.15) is 5.65 Å². The predicted molar refractivity (Wildman–Crippen MR) is 135 cm³/mol. The van der Waals surface area contributed by atoms with Crippen LogP contribution in [0.2, 0.25) is 0 Å². The molecule has 0 amide bonds.